The molecular formula is C24H39N3O4. The van der Waals surface area contributed by atoms with Crippen molar-refractivity contribution in [3.05, 3.63) is 29.3 Å². The molecule has 1 heterocycles. The first-order chi connectivity index (χ1) is 15.0. The third-order valence-corrected chi connectivity index (χ3v) is 5.88. The van der Waals surface area contributed by atoms with Crippen molar-refractivity contribution in [2.75, 3.05) is 57.9 Å². The summed E-state index contributed by atoms with van der Waals surface area (Å²) in [6, 6.07) is 5.82. The van der Waals surface area contributed by atoms with Crippen LogP contribution < -0.4 is 11.1 Å². The highest BCUT2D eigenvalue weighted by Gasteiger charge is 2.25. The van der Waals surface area contributed by atoms with E-state index < -0.39 is 0 Å². The highest BCUT2D eigenvalue weighted by molar-refractivity contribution is 6.12. The lowest BCUT2D eigenvalue weighted by atomic mass is 9.90. The van der Waals surface area contributed by atoms with Gasteiger partial charge in [0.1, 0.15) is 0 Å². The van der Waals surface area contributed by atoms with E-state index >= 15 is 0 Å². The fourth-order valence-corrected chi connectivity index (χ4v) is 3.78. The maximum atomic E-state index is 13.0. The number of nitrogens with two attached hydrogens (primary N) is 1. The largest absolute Gasteiger partial charge is 0.382 e. The van der Waals surface area contributed by atoms with Gasteiger partial charge in [-0.2, -0.15) is 0 Å². The summed E-state index contributed by atoms with van der Waals surface area (Å²) in [5, 5.41) is 3.56. The molecule has 0 amide bonds. The van der Waals surface area contributed by atoms with Crippen LogP contribution in [0, 0.1) is 5.92 Å². The molecule has 1 aliphatic heterocycles. The fraction of sp³-hybridized carbons (Fsp3) is 0.667. The maximum Gasteiger partial charge on any atom is 0.168 e. The van der Waals surface area contributed by atoms with E-state index in [0.717, 1.165) is 44.6 Å². The molecule has 0 aromatic heterocycles. The number of rotatable bonds is 14. The van der Waals surface area contributed by atoms with Gasteiger partial charge in [0, 0.05) is 49.4 Å². The van der Waals surface area contributed by atoms with Gasteiger partial charge < -0.3 is 25.4 Å². The van der Waals surface area contributed by atoms with Crippen LogP contribution in [-0.2, 0) is 9.47 Å². The summed E-state index contributed by atoms with van der Waals surface area (Å²) in [5.41, 5.74) is 7.24. The number of ketones is 2. The number of benzene rings is 1. The molecular weight excluding hydrogens is 394 g/mol. The lowest BCUT2D eigenvalue weighted by Crippen LogP contribution is -2.40. The first kappa shape index (κ1) is 25.5. The Morgan fingerprint density at radius 2 is 1.84 bits per heavy atom. The third kappa shape index (κ3) is 8.00. The van der Waals surface area contributed by atoms with Gasteiger partial charge in [-0.1, -0.05) is 26.0 Å². The maximum absolute atomic E-state index is 13.0. The van der Waals surface area contributed by atoms with Gasteiger partial charge in [-0.25, -0.2) is 0 Å². The lowest BCUT2D eigenvalue weighted by Gasteiger charge is -2.33. The van der Waals surface area contributed by atoms with Crippen LogP contribution in [0.25, 0.3) is 0 Å². The highest BCUT2D eigenvalue weighted by Crippen LogP contribution is 2.27. The predicted molar refractivity (Wildman–Crippen MR) is 124 cm³/mol. The van der Waals surface area contributed by atoms with E-state index in [1.807, 2.05) is 26.0 Å². The Bertz CT molecular complexity index is 702. The number of nitrogens with one attached hydrogen (secondary N) is 1. The molecule has 0 radical (unpaired) electrons. The molecule has 0 spiro atoms. The summed E-state index contributed by atoms with van der Waals surface area (Å²) in [6.07, 6.45) is 2.73. The van der Waals surface area contributed by atoms with Gasteiger partial charge in [-0.3, -0.25) is 9.59 Å². The standard InChI is InChI=1S/C24H39N3O4/c1-4-18(2)24(29)23-21(19(3)28)6-5-7-22(23)26-20-8-11-27(12-9-20)13-15-31-17-16-30-14-10-25/h5-7,18,20,26H,4,8-17,25H2,1-3H3. The highest BCUT2D eigenvalue weighted by atomic mass is 16.5. The smallest absolute Gasteiger partial charge is 0.168 e. The van der Waals surface area contributed by atoms with Gasteiger partial charge in [0.05, 0.1) is 32.0 Å². The fourth-order valence-electron chi connectivity index (χ4n) is 3.78. The van der Waals surface area contributed by atoms with Gasteiger partial charge >= 0.3 is 0 Å². The quantitative estimate of drug-likeness (QED) is 0.344. The zero-order valence-corrected chi connectivity index (χ0v) is 19.3. The van der Waals surface area contributed by atoms with Crippen molar-refractivity contribution in [1.29, 1.82) is 0 Å². The second-order valence-corrected chi connectivity index (χ2v) is 8.23. The Kier molecular flexibility index (Phi) is 11.2. The molecule has 0 saturated carbocycles. The molecule has 1 saturated heterocycles. The molecule has 0 bridgehead atoms. The van der Waals surface area contributed by atoms with Crippen LogP contribution in [0.2, 0.25) is 0 Å². The summed E-state index contributed by atoms with van der Waals surface area (Å²) in [4.78, 5) is 27.6. The van der Waals surface area contributed by atoms with E-state index in [-0.39, 0.29) is 23.5 Å². The Hall–Kier alpha value is -1.80. The van der Waals surface area contributed by atoms with Crippen LogP contribution in [0.5, 0.6) is 0 Å². The minimum Gasteiger partial charge on any atom is -0.382 e. The van der Waals surface area contributed by atoms with E-state index in [1.54, 1.807) is 6.07 Å². The molecule has 7 heteroatoms. The van der Waals surface area contributed by atoms with Crippen molar-refractivity contribution in [2.45, 2.75) is 46.1 Å². The van der Waals surface area contributed by atoms with Crippen molar-refractivity contribution < 1.29 is 19.1 Å². The van der Waals surface area contributed by atoms with Crippen LogP contribution in [0.3, 0.4) is 0 Å². The van der Waals surface area contributed by atoms with Crippen LogP contribution in [0.1, 0.15) is 60.7 Å². The summed E-state index contributed by atoms with van der Waals surface area (Å²) < 4.78 is 10.9. The third-order valence-electron chi connectivity index (χ3n) is 5.88. The zero-order chi connectivity index (χ0) is 22.6. The van der Waals surface area contributed by atoms with Crippen LogP contribution >= 0.6 is 0 Å². The van der Waals surface area contributed by atoms with E-state index in [4.69, 9.17) is 15.2 Å². The number of likely N-dealkylation sites (tertiary alicyclic amines) is 1. The van der Waals surface area contributed by atoms with Gasteiger partial charge in [0.25, 0.3) is 0 Å². The Labute approximate surface area is 186 Å². The molecule has 1 atom stereocenters. The monoisotopic (exact) mass is 433 g/mol. The predicted octanol–water partition coefficient (Wildman–Crippen LogP) is 2.99. The molecule has 2 rings (SSSR count). The van der Waals surface area contributed by atoms with E-state index in [0.29, 0.717) is 44.1 Å². The van der Waals surface area contributed by atoms with Gasteiger partial charge in [0.15, 0.2) is 11.6 Å². The van der Waals surface area contributed by atoms with E-state index in [1.165, 1.54) is 6.92 Å². The van der Waals surface area contributed by atoms with Crippen LogP contribution in [0.15, 0.2) is 18.2 Å². The molecule has 1 aromatic rings. The van der Waals surface area contributed by atoms with E-state index in [9.17, 15) is 9.59 Å². The molecule has 1 unspecified atom stereocenters. The summed E-state index contributed by atoms with van der Waals surface area (Å²) >= 11 is 0. The van der Waals surface area contributed by atoms with Crippen molar-refractivity contribution in [3.63, 3.8) is 0 Å². The first-order valence-electron chi connectivity index (χ1n) is 11.5. The van der Waals surface area contributed by atoms with Gasteiger partial charge in [-0.05, 0) is 32.3 Å². The summed E-state index contributed by atoms with van der Waals surface area (Å²) in [7, 11) is 0. The second-order valence-electron chi connectivity index (χ2n) is 8.23. The Balaban J connectivity index is 1.87. The van der Waals surface area contributed by atoms with Crippen molar-refractivity contribution in [3.8, 4) is 0 Å². The number of ether oxygens (including phenoxy) is 2. The number of Topliss-reactive ketones (excluding diaryl/α,β-unsaturated/α-hetero) is 2. The summed E-state index contributed by atoms with van der Waals surface area (Å²) in [6.45, 7) is 11.3. The number of anilines is 1. The first-order valence-corrected chi connectivity index (χ1v) is 11.5. The normalized spacial score (nSPS) is 16.3. The van der Waals surface area contributed by atoms with Gasteiger partial charge in [0.2, 0.25) is 0 Å². The number of hydrogen-bond acceptors (Lipinski definition) is 7. The number of hydrogen-bond donors (Lipinski definition) is 2. The minimum atomic E-state index is -0.108. The van der Waals surface area contributed by atoms with Crippen molar-refractivity contribution in [1.82, 2.24) is 4.90 Å². The molecule has 1 aliphatic rings. The Morgan fingerprint density at radius 3 is 2.45 bits per heavy atom. The number of piperidine rings is 1. The molecule has 174 valence electrons. The minimum absolute atomic E-state index is 0.0424. The number of carbonyl (C=O) groups excluding carboxylic acids is 2. The molecule has 0 aliphatic carbocycles. The van der Waals surface area contributed by atoms with Crippen LogP contribution in [-0.4, -0.2) is 75.1 Å². The molecule has 1 aromatic carbocycles. The summed E-state index contributed by atoms with van der Waals surface area (Å²) in [5.74, 6) is -0.136. The second kappa shape index (κ2) is 13.6. The molecule has 7 nitrogen and oxygen atoms in total. The topological polar surface area (TPSA) is 93.9 Å². The zero-order valence-electron chi connectivity index (χ0n) is 19.3. The van der Waals surface area contributed by atoms with Crippen molar-refractivity contribution in [2.24, 2.45) is 11.7 Å². The molecule has 1 fully saturated rings. The van der Waals surface area contributed by atoms with Crippen molar-refractivity contribution >= 4 is 17.3 Å². The number of carbonyl (C=O) groups is 2. The van der Waals surface area contributed by atoms with E-state index in [2.05, 4.69) is 10.2 Å². The van der Waals surface area contributed by atoms with Crippen LogP contribution in [0.4, 0.5) is 5.69 Å². The SMILES string of the molecule is CCC(C)C(=O)c1c(NC2CCN(CCOCCOCCN)CC2)cccc1C(C)=O. The van der Waals surface area contributed by atoms with Gasteiger partial charge in [-0.15, -0.1) is 0 Å². The Morgan fingerprint density at radius 1 is 1.16 bits per heavy atom. The average Bonchev–Trinajstić information content (AvgIpc) is 2.78. The molecule has 3 N–H and O–H groups in total. The number of nitrogens with zero attached hydrogens (tertiary/aromatic N) is 1. The molecule has 31 heavy (non-hydrogen) atoms. The average molecular weight is 434 g/mol. The lowest BCUT2D eigenvalue weighted by molar-refractivity contribution is 0.0387.